The molecule has 1 amide bonds. The summed E-state index contributed by atoms with van der Waals surface area (Å²) in [5.41, 5.74) is 1.24. The molecule has 0 aliphatic rings. The lowest BCUT2D eigenvalue weighted by Gasteiger charge is -2.16. The van der Waals surface area contributed by atoms with Crippen LogP contribution in [0.2, 0.25) is 5.02 Å². The molecule has 4 rings (SSSR count). The minimum absolute atomic E-state index is 0.238. The number of hydrogen-bond donors (Lipinski definition) is 1. The van der Waals surface area contributed by atoms with Gasteiger partial charge in [0.15, 0.2) is 5.82 Å². The molecule has 0 bridgehead atoms. The molecule has 29 heavy (non-hydrogen) atoms. The van der Waals surface area contributed by atoms with Crippen molar-refractivity contribution < 1.29 is 4.79 Å². The second-order valence-corrected chi connectivity index (χ2v) is 7.01. The molecule has 2 aromatic carbocycles. The van der Waals surface area contributed by atoms with Gasteiger partial charge in [-0.25, -0.2) is 9.97 Å². The van der Waals surface area contributed by atoms with Crippen LogP contribution < -0.4 is 10.9 Å². The SMILES string of the molecule is C[C@H](C(=O)Nc1ccc(-c2ncccn2)cc1)n1ccc2cc(Cl)ccc2c1=O. The Morgan fingerprint density at radius 2 is 1.79 bits per heavy atom. The molecule has 144 valence electrons. The van der Waals surface area contributed by atoms with Crippen molar-refractivity contribution in [2.75, 3.05) is 5.32 Å². The van der Waals surface area contributed by atoms with Crippen LogP contribution in [0.5, 0.6) is 0 Å². The molecular weight excluding hydrogens is 388 g/mol. The molecule has 0 saturated carbocycles. The summed E-state index contributed by atoms with van der Waals surface area (Å²) < 4.78 is 1.41. The van der Waals surface area contributed by atoms with Crippen LogP contribution in [-0.4, -0.2) is 20.4 Å². The number of amides is 1. The van der Waals surface area contributed by atoms with Crippen LogP contribution in [0.1, 0.15) is 13.0 Å². The largest absolute Gasteiger partial charge is 0.324 e. The topological polar surface area (TPSA) is 76.9 Å². The Balaban J connectivity index is 1.54. The number of hydrogen-bond acceptors (Lipinski definition) is 4. The van der Waals surface area contributed by atoms with Crippen LogP contribution in [0.25, 0.3) is 22.2 Å². The van der Waals surface area contributed by atoms with Gasteiger partial charge in [-0.2, -0.15) is 0 Å². The van der Waals surface area contributed by atoms with Gasteiger partial charge in [-0.05, 0) is 66.9 Å². The highest BCUT2D eigenvalue weighted by atomic mass is 35.5. The number of nitrogens with one attached hydrogen (secondary N) is 1. The van der Waals surface area contributed by atoms with Crippen LogP contribution in [0.15, 0.2) is 78.0 Å². The van der Waals surface area contributed by atoms with Crippen LogP contribution in [0.4, 0.5) is 5.69 Å². The molecule has 0 unspecified atom stereocenters. The number of fused-ring (bicyclic) bond motifs is 1. The lowest BCUT2D eigenvalue weighted by Crippen LogP contribution is -2.31. The number of halogens is 1. The van der Waals surface area contributed by atoms with Gasteiger partial charge in [0.1, 0.15) is 6.04 Å². The smallest absolute Gasteiger partial charge is 0.259 e. The van der Waals surface area contributed by atoms with E-state index < -0.39 is 6.04 Å². The number of rotatable bonds is 4. The molecule has 2 aromatic heterocycles. The predicted octanol–water partition coefficient (Wildman–Crippen LogP) is 4.31. The number of benzene rings is 2. The second kappa shape index (κ2) is 7.85. The van der Waals surface area contributed by atoms with E-state index in [0.717, 1.165) is 10.9 Å². The number of anilines is 1. The first kappa shape index (κ1) is 18.8. The molecule has 0 saturated heterocycles. The molecule has 6 nitrogen and oxygen atoms in total. The van der Waals surface area contributed by atoms with Gasteiger partial charge in [0.05, 0.1) is 0 Å². The third-order valence-electron chi connectivity index (χ3n) is 4.67. The summed E-state index contributed by atoms with van der Waals surface area (Å²) in [6, 6.07) is 15.1. The minimum atomic E-state index is -0.681. The van der Waals surface area contributed by atoms with Crippen molar-refractivity contribution in [3.05, 3.63) is 88.6 Å². The molecule has 0 fully saturated rings. The van der Waals surface area contributed by atoms with E-state index in [1.807, 2.05) is 12.1 Å². The highest BCUT2D eigenvalue weighted by Gasteiger charge is 2.17. The van der Waals surface area contributed by atoms with Gasteiger partial charge in [0.25, 0.3) is 5.56 Å². The van der Waals surface area contributed by atoms with E-state index in [2.05, 4.69) is 15.3 Å². The van der Waals surface area contributed by atoms with Crippen molar-refractivity contribution in [3.63, 3.8) is 0 Å². The first-order valence-electron chi connectivity index (χ1n) is 9.01. The van der Waals surface area contributed by atoms with E-state index >= 15 is 0 Å². The van der Waals surface area contributed by atoms with E-state index in [0.29, 0.717) is 21.9 Å². The summed E-state index contributed by atoms with van der Waals surface area (Å²) in [6.45, 7) is 1.69. The number of carbonyl (C=O) groups excluding carboxylic acids is 1. The zero-order valence-electron chi connectivity index (χ0n) is 15.5. The van der Waals surface area contributed by atoms with E-state index in [4.69, 9.17) is 11.6 Å². The third kappa shape index (κ3) is 3.88. The Morgan fingerprint density at radius 3 is 2.52 bits per heavy atom. The average molecular weight is 405 g/mol. The van der Waals surface area contributed by atoms with Gasteiger partial charge < -0.3 is 9.88 Å². The number of pyridine rings is 1. The van der Waals surface area contributed by atoms with Gasteiger partial charge in [0.2, 0.25) is 5.91 Å². The minimum Gasteiger partial charge on any atom is -0.324 e. The van der Waals surface area contributed by atoms with Crippen LogP contribution in [-0.2, 0) is 4.79 Å². The van der Waals surface area contributed by atoms with Crippen LogP contribution in [0, 0.1) is 0 Å². The first-order valence-corrected chi connectivity index (χ1v) is 9.39. The van der Waals surface area contributed by atoms with E-state index in [9.17, 15) is 9.59 Å². The zero-order chi connectivity index (χ0) is 20.4. The molecule has 1 N–H and O–H groups in total. The Bertz CT molecular complexity index is 1240. The Hall–Kier alpha value is -3.51. The normalized spacial score (nSPS) is 11.9. The quantitative estimate of drug-likeness (QED) is 0.549. The third-order valence-corrected chi connectivity index (χ3v) is 4.90. The van der Waals surface area contributed by atoms with Gasteiger partial charge in [0, 0.05) is 40.3 Å². The Labute approximate surface area is 171 Å². The summed E-state index contributed by atoms with van der Waals surface area (Å²) >= 11 is 5.98. The summed E-state index contributed by atoms with van der Waals surface area (Å²) in [5, 5.41) is 4.66. The van der Waals surface area contributed by atoms with Crippen molar-refractivity contribution in [2.45, 2.75) is 13.0 Å². The fraction of sp³-hybridized carbons (Fsp3) is 0.0909. The fourth-order valence-electron chi connectivity index (χ4n) is 3.06. The van der Waals surface area contributed by atoms with Gasteiger partial charge in [-0.3, -0.25) is 9.59 Å². The fourth-order valence-corrected chi connectivity index (χ4v) is 3.24. The predicted molar refractivity (Wildman–Crippen MR) is 114 cm³/mol. The summed E-state index contributed by atoms with van der Waals surface area (Å²) in [7, 11) is 0. The Kier molecular flexibility index (Phi) is 5.10. The highest BCUT2D eigenvalue weighted by molar-refractivity contribution is 6.31. The van der Waals surface area contributed by atoms with Crippen molar-refractivity contribution in [3.8, 4) is 11.4 Å². The van der Waals surface area contributed by atoms with Crippen molar-refractivity contribution in [2.24, 2.45) is 0 Å². The summed E-state index contributed by atoms with van der Waals surface area (Å²) in [5.74, 6) is 0.325. The molecule has 0 aliphatic heterocycles. The number of aromatic nitrogens is 3. The summed E-state index contributed by atoms with van der Waals surface area (Å²) in [6.07, 6.45) is 4.96. The van der Waals surface area contributed by atoms with E-state index in [1.165, 1.54) is 4.57 Å². The molecule has 2 heterocycles. The van der Waals surface area contributed by atoms with Crippen molar-refractivity contribution in [1.29, 1.82) is 0 Å². The monoisotopic (exact) mass is 404 g/mol. The lowest BCUT2D eigenvalue weighted by atomic mass is 10.1. The maximum absolute atomic E-state index is 12.8. The molecule has 4 aromatic rings. The average Bonchev–Trinajstić information content (AvgIpc) is 2.74. The molecule has 0 radical (unpaired) electrons. The lowest BCUT2D eigenvalue weighted by molar-refractivity contribution is -0.118. The molecule has 1 atom stereocenters. The standard InChI is InChI=1S/C22H17ClN4O2/c1-14(27-12-9-16-13-17(23)5-8-19(16)22(27)29)21(28)26-18-6-3-15(4-7-18)20-24-10-2-11-25-20/h2-14H,1H3,(H,26,28)/t14-/m1/s1. The first-order chi connectivity index (χ1) is 14.0. The zero-order valence-corrected chi connectivity index (χ0v) is 16.3. The van der Waals surface area contributed by atoms with Gasteiger partial charge in [-0.1, -0.05) is 11.6 Å². The van der Waals surface area contributed by atoms with Crippen molar-refractivity contribution >= 4 is 34.0 Å². The van der Waals surface area contributed by atoms with Crippen molar-refractivity contribution in [1.82, 2.24) is 14.5 Å². The molecule has 0 aliphatic carbocycles. The van der Waals surface area contributed by atoms with Crippen LogP contribution >= 0.6 is 11.6 Å². The number of nitrogens with zero attached hydrogens (tertiary/aromatic N) is 3. The number of carbonyl (C=O) groups is 1. The second-order valence-electron chi connectivity index (χ2n) is 6.57. The molecule has 0 spiro atoms. The van der Waals surface area contributed by atoms with E-state index in [-0.39, 0.29) is 11.5 Å². The highest BCUT2D eigenvalue weighted by Crippen LogP contribution is 2.20. The Morgan fingerprint density at radius 1 is 1.07 bits per heavy atom. The molecule has 7 heteroatoms. The maximum Gasteiger partial charge on any atom is 0.259 e. The van der Waals surface area contributed by atoms with E-state index in [1.54, 1.807) is 68.0 Å². The van der Waals surface area contributed by atoms with Gasteiger partial charge in [-0.15, -0.1) is 0 Å². The van der Waals surface area contributed by atoms with Gasteiger partial charge >= 0.3 is 0 Å². The molecular formula is C22H17ClN4O2. The van der Waals surface area contributed by atoms with Crippen LogP contribution in [0.3, 0.4) is 0 Å². The summed E-state index contributed by atoms with van der Waals surface area (Å²) in [4.78, 5) is 33.9. The maximum atomic E-state index is 12.8.